The summed E-state index contributed by atoms with van der Waals surface area (Å²) in [7, 11) is 0. The number of hydrogen-bond acceptors (Lipinski definition) is 4. The molecule has 3 amide bonds. The van der Waals surface area contributed by atoms with Gasteiger partial charge in [0.2, 0.25) is 5.91 Å². The zero-order valence-electron chi connectivity index (χ0n) is 17.2. The van der Waals surface area contributed by atoms with Crippen LogP contribution in [-0.2, 0) is 9.59 Å². The molecule has 1 fully saturated rings. The second kappa shape index (κ2) is 7.82. The standard InChI is InChI=1S/C23H25N3O4/c1-23(2)22(29)26(15-20(27)24-17-8-4-3-5-9-17)18-14-16(10-11-19(18)30-23)21(28)25-12-6-7-13-25/h3-5,8-11,14H,6-7,12-13,15H2,1-2H3,(H,24,27). The van der Waals surface area contributed by atoms with Crippen LogP contribution >= 0.6 is 0 Å². The fourth-order valence-corrected chi connectivity index (χ4v) is 3.83. The Kier molecular flexibility index (Phi) is 5.20. The molecule has 0 spiro atoms. The summed E-state index contributed by atoms with van der Waals surface area (Å²) in [5.41, 5.74) is 0.467. The van der Waals surface area contributed by atoms with E-state index in [0.717, 1.165) is 25.9 Å². The van der Waals surface area contributed by atoms with Crippen LogP contribution < -0.4 is 15.0 Å². The van der Waals surface area contributed by atoms with Crippen molar-refractivity contribution in [1.29, 1.82) is 0 Å². The summed E-state index contributed by atoms with van der Waals surface area (Å²) in [6.07, 6.45) is 2.00. The molecule has 1 N–H and O–H groups in total. The molecule has 7 heteroatoms. The number of rotatable bonds is 4. The van der Waals surface area contributed by atoms with E-state index in [9.17, 15) is 14.4 Å². The van der Waals surface area contributed by atoms with Gasteiger partial charge in [0.15, 0.2) is 5.60 Å². The van der Waals surface area contributed by atoms with Crippen LogP contribution in [-0.4, -0.2) is 47.9 Å². The van der Waals surface area contributed by atoms with Gasteiger partial charge in [-0.05, 0) is 57.0 Å². The lowest BCUT2D eigenvalue weighted by atomic mass is 10.0. The minimum absolute atomic E-state index is 0.0683. The molecule has 2 aliphatic rings. The molecule has 0 bridgehead atoms. The second-order valence-corrected chi connectivity index (χ2v) is 8.10. The fraction of sp³-hybridized carbons (Fsp3) is 0.348. The summed E-state index contributed by atoms with van der Waals surface area (Å²) in [6, 6.07) is 14.1. The van der Waals surface area contributed by atoms with Gasteiger partial charge in [-0.25, -0.2) is 0 Å². The molecule has 0 aromatic heterocycles. The van der Waals surface area contributed by atoms with Gasteiger partial charge < -0.3 is 15.0 Å². The average molecular weight is 407 g/mol. The Morgan fingerprint density at radius 2 is 1.77 bits per heavy atom. The Morgan fingerprint density at radius 1 is 1.07 bits per heavy atom. The highest BCUT2D eigenvalue weighted by Crippen LogP contribution is 2.38. The summed E-state index contributed by atoms with van der Waals surface area (Å²) in [5, 5.41) is 2.80. The summed E-state index contributed by atoms with van der Waals surface area (Å²) in [6.45, 7) is 4.64. The Bertz CT molecular complexity index is 981. The van der Waals surface area contributed by atoms with Crippen molar-refractivity contribution in [2.24, 2.45) is 0 Å². The maximum atomic E-state index is 13.1. The largest absolute Gasteiger partial charge is 0.476 e. The summed E-state index contributed by atoms with van der Waals surface area (Å²) >= 11 is 0. The van der Waals surface area contributed by atoms with Gasteiger partial charge >= 0.3 is 0 Å². The molecule has 7 nitrogen and oxygen atoms in total. The van der Waals surface area contributed by atoms with Crippen LogP contribution in [0.4, 0.5) is 11.4 Å². The van der Waals surface area contributed by atoms with Gasteiger partial charge in [-0.2, -0.15) is 0 Å². The minimum atomic E-state index is -1.11. The first-order valence-electron chi connectivity index (χ1n) is 10.1. The number of ether oxygens (including phenoxy) is 1. The Hall–Kier alpha value is -3.35. The molecule has 2 aromatic rings. The quantitative estimate of drug-likeness (QED) is 0.845. The van der Waals surface area contributed by atoms with Crippen LogP contribution in [0.1, 0.15) is 37.0 Å². The third kappa shape index (κ3) is 3.87. The Balaban J connectivity index is 1.62. The van der Waals surface area contributed by atoms with Crippen molar-refractivity contribution < 1.29 is 19.1 Å². The number of anilines is 2. The van der Waals surface area contributed by atoms with E-state index in [0.29, 0.717) is 22.7 Å². The third-order valence-corrected chi connectivity index (χ3v) is 5.37. The molecule has 1 saturated heterocycles. The molecule has 2 heterocycles. The van der Waals surface area contributed by atoms with E-state index >= 15 is 0 Å². The molecule has 0 unspecified atom stereocenters. The molecule has 0 saturated carbocycles. The monoisotopic (exact) mass is 407 g/mol. The molecule has 2 aromatic carbocycles. The maximum absolute atomic E-state index is 13.1. The van der Waals surface area contributed by atoms with Crippen LogP contribution in [0.25, 0.3) is 0 Å². The number of fused-ring (bicyclic) bond motifs is 1. The molecule has 2 aliphatic heterocycles. The van der Waals surface area contributed by atoms with Crippen molar-refractivity contribution in [1.82, 2.24) is 4.90 Å². The normalized spacial score (nSPS) is 17.3. The SMILES string of the molecule is CC1(C)Oc2ccc(C(=O)N3CCCC3)cc2N(CC(=O)Nc2ccccc2)C1=O. The molecule has 4 rings (SSSR count). The smallest absolute Gasteiger partial charge is 0.271 e. The van der Waals surface area contributed by atoms with E-state index in [1.165, 1.54) is 4.90 Å². The lowest BCUT2D eigenvalue weighted by Gasteiger charge is -2.38. The molecule has 0 radical (unpaired) electrons. The first-order chi connectivity index (χ1) is 14.3. The van der Waals surface area contributed by atoms with Crippen molar-refractivity contribution >= 4 is 29.1 Å². The van der Waals surface area contributed by atoms with E-state index in [1.54, 1.807) is 44.2 Å². The highest BCUT2D eigenvalue weighted by molar-refractivity contribution is 6.08. The van der Waals surface area contributed by atoms with E-state index in [1.807, 2.05) is 23.1 Å². The zero-order chi connectivity index (χ0) is 21.3. The maximum Gasteiger partial charge on any atom is 0.271 e. The average Bonchev–Trinajstić information content (AvgIpc) is 3.26. The van der Waals surface area contributed by atoms with E-state index in [-0.39, 0.29) is 24.3 Å². The predicted molar refractivity (Wildman–Crippen MR) is 114 cm³/mol. The summed E-state index contributed by atoms with van der Waals surface area (Å²) in [5.74, 6) is -0.246. The first-order valence-corrected chi connectivity index (χ1v) is 10.1. The van der Waals surface area contributed by atoms with Crippen LogP contribution in [0.15, 0.2) is 48.5 Å². The minimum Gasteiger partial charge on any atom is -0.476 e. The van der Waals surface area contributed by atoms with Crippen molar-refractivity contribution in [3.05, 3.63) is 54.1 Å². The van der Waals surface area contributed by atoms with Crippen LogP contribution in [0, 0.1) is 0 Å². The number of para-hydroxylation sites is 1. The van der Waals surface area contributed by atoms with Gasteiger partial charge in [-0.3, -0.25) is 19.3 Å². The molecule has 0 aliphatic carbocycles. The number of carbonyl (C=O) groups is 3. The fourth-order valence-electron chi connectivity index (χ4n) is 3.83. The number of amides is 3. The van der Waals surface area contributed by atoms with E-state index < -0.39 is 5.60 Å². The number of nitrogens with one attached hydrogen (secondary N) is 1. The number of likely N-dealkylation sites (tertiary alicyclic amines) is 1. The van der Waals surface area contributed by atoms with E-state index in [2.05, 4.69) is 5.32 Å². The van der Waals surface area contributed by atoms with Gasteiger partial charge in [0.05, 0.1) is 5.69 Å². The van der Waals surface area contributed by atoms with Gasteiger partial charge in [0.1, 0.15) is 12.3 Å². The lowest BCUT2D eigenvalue weighted by Crippen LogP contribution is -2.54. The lowest BCUT2D eigenvalue weighted by molar-refractivity contribution is -0.133. The van der Waals surface area contributed by atoms with E-state index in [4.69, 9.17) is 4.74 Å². The highest BCUT2D eigenvalue weighted by atomic mass is 16.5. The number of nitrogens with zero attached hydrogens (tertiary/aromatic N) is 2. The first kappa shape index (κ1) is 19.9. The highest BCUT2D eigenvalue weighted by Gasteiger charge is 2.42. The van der Waals surface area contributed by atoms with Crippen molar-refractivity contribution in [3.63, 3.8) is 0 Å². The van der Waals surface area contributed by atoms with Gasteiger partial charge in [-0.15, -0.1) is 0 Å². The Morgan fingerprint density at radius 3 is 2.47 bits per heavy atom. The van der Waals surface area contributed by atoms with Crippen LogP contribution in [0.5, 0.6) is 5.75 Å². The topological polar surface area (TPSA) is 79.0 Å². The number of hydrogen-bond donors (Lipinski definition) is 1. The summed E-state index contributed by atoms with van der Waals surface area (Å²) < 4.78 is 5.87. The van der Waals surface area contributed by atoms with Gasteiger partial charge in [0.25, 0.3) is 11.8 Å². The molecular weight excluding hydrogens is 382 g/mol. The molecule has 156 valence electrons. The predicted octanol–water partition coefficient (Wildman–Crippen LogP) is 3.07. The zero-order valence-corrected chi connectivity index (χ0v) is 17.2. The molecular formula is C23H25N3O4. The molecule has 30 heavy (non-hydrogen) atoms. The Labute approximate surface area is 175 Å². The third-order valence-electron chi connectivity index (χ3n) is 5.37. The van der Waals surface area contributed by atoms with Crippen molar-refractivity contribution in [2.45, 2.75) is 32.3 Å². The number of carbonyl (C=O) groups excluding carboxylic acids is 3. The van der Waals surface area contributed by atoms with Crippen LogP contribution in [0.2, 0.25) is 0 Å². The number of benzene rings is 2. The second-order valence-electron chi connectivity index (χ2n) is 8.10. The molecule has 0 atom stereocenters. The summed E-state index contributed by atoms with van der Waals surface area (Å²) in [4.78, 5) is 41.7. The van der Waals surface area contributed by atoms with Gasteiger partial charge in [0, 0.05) is 24.3 Å². The van der Waals surface area contributed by atoms with Crippen molar-refractivity contribution in [3.8, 4) is 5.75 Å². The van der Waals surface area contributed by atoms with Gasteiger partial charge in [-0.1, -0.05) is 18.2 Å². The van der Waals surface area contributed by atoms with Crippen molar-refractivity contribution in [2.75, 3.05) is 29.9 Å². The van der Waals surface area contributed by atoms with Crippen LogP contribution in [0.3, 0.4) is 0 Å².